The van der Waals surface area contributed by atoms with Crippen LogP contribution in [-0.4, -0.2) is 30.7 Å². The fraction of sp³-hybridized carbons (Fsp3) is 0.538. The fourth-order valence-corrected chi connectivity index (χ4v) is 3.06. The molecule has 0 bridgehead atoms. The van der Waals surface area contributed by atoms with Crippen molar-refractivity contribution < 1.29 is 13.7 Å². The van der Waals surface area contributed by atoms with Gasteiger partial charge < -0.3 is 15.2 Å². The van der Waals surface area contributed by atoms with Crippen molar-refractivity contribution in [1.29, 1.82) is 0 Å². The standard InChI is InChI=1S/C13H21NO3S/c1-8(14)6-10-7-11(16-3)13(18(5)15)9(2)12(10)17-4/h7-8H,6,14H2,1-5H3. The molecule has 4 nitrogen and oxygen atoms in total. The van der Waals surface area contributed by atoms with Gasteiger partial charge in [-0.25, -0.2) is 0 Å². The number of benzene rings is 1. The van der Waals surface area contributed by atoms with E-state index in [0.29, 0.717) is 17.1 Å². The fourth-order valence-electron chi connectivity index (χ4n) is 2.11. The van der Waals surface area contributed by atoms with Crippen molar-refractivity contribution in [2.24, 2.45) is 5.73 Å². The first kappa shape index (κ1) is 15.0. The van der Waals surface area contributed by atoms with E-state index in [0.717, 1.165) is 16.9 Å². The molecule has 0 radical (unpaired) electrons. The average Bonchev–Trinajstić information content (AvgIpc) is 2.27. The van der Waals surface area contributed by atoms with E-state index in [4.69, 9.17) is 15.2 Å². The molecule has 5 heteroatoms. The van der Waals surface area contributed by atoms with Gasteiger partial charge in [-0.1, -0.05) is 0 Å². The second kappa shape index (κ2) is 6.20. The lowest BCUT2D eigenvalue weighted by atomic mass is 10.0. The molecule has 0 aliphatic heterocycles. The molecule has 2 atom stereocenters. The smallest absolute Gasteiger partial charge is 0.135 e. The number of nitrogens with two attached hydrogens (primary N) is 1. The highest BCUT2D eigenvalue weighted by atomic mass is 32.2. The van der Waals surface area contributed by atoms with Crippen LogP contribution in [-0.2, 0) is 17.2 Å². The van der Waals surface area contributed by atoms with Gasteiger partial charge in [0.1, 0.15) is 11.5 Å². The highest BCUT2D eigenvalue weighted by molar-refractivity contribution is 7.84. The molecular weight excluding hydrogens is 250 g/mol. The lowest BCUT2D eigenvalue weighted by Crippen LogP contribution is -2.18. The minimum atomic E-state index is -1.12. The minimum absolute atomic E-state index is 0.0287. The van der Waals surface area contributed by atoms with E-state index in [1.165, 1.54) is 0 Å². The highest BCUT2D eigenvalue weighted by Crippen LogP contribution is 2.36. The summed E-state index contributed by atoms with van der Waals surface area (Å²) in [7, 11) is 2.07. The van der Waals surface area contributed by atoms with Crippen LogP contribution < -0.4 is 15.2 Å². The monoisotopic (exact) mass is 271 g/mol. The van der Waals surface area contributed by atoms with E-state index in [1.807, 2.05) is 19.9 Å². The second-order valence-electron chi connectivity index (χ2n) is 4.36. The van der Waals surface area contributed by atoms with E-state index in [9.17, 15) is 4.21 Å². The largest absolute Gasteiger partial charge is 0.496 e. The number of hydrogen-bond acceptors (Lipinski definition) is 4. The van der Waals surface area contributed by atoms with E-state index in [1.54, 1.807) is 20.5 Å². The predicted molar refractivity (Wildman–Crippen MR) is 74.0 cm³/mol. The molecule has 0 aromatic heterocycles. The van der Waals surface area contributed by atoms with E-state index < -0.39 is 10.8 Å². The molecule has 1 rings (SSSR count). The summed E-state index contributed by atoms with van der Waals surface area (Å²) in [5, 5.41) is 0. The SMILES string of the molecule is COc1cc(CC(C)N)c(OC)c(C)c1S(C)=O. The third-order valence-corrected chi connectivity index (χ3v) is 3.84. The van der Waals surface area contributed by atoms with E-state index >= 15 is 0 Å². The zero-order valence-electron chi connectivity index (χ0n) is 11.6. The Labute approximate surface area is 111 Å². The summed E-state index contributed by atoms with van der Waals surface area (Å²) < 4.78 is 22.5. The second-order valence-corrected chi connectivity index (χ2v) is 5.68. The minimum Gasteiger partial charge on any atom is -0.496 e. The van der Waals surface area contributed by atoms with Gasteiger partial charge in [-0.15, -0.1) is 0 Å². The van der Waals surface area contributed by atoms with Crippen molar-refractivity contribution in [1.82, 2.24) is 0 Å². The average molecular weight is 271 g/mol. The van der Waals surface area contributed by atoms with Crippen molar-refractivity contribution in [2.75, 3.05) is 20.5 Å². The third-order valence-electron chi connectivity index (χ3n) is 2.76. The zero-order chi connectivity index (χ0) is 13.9. The number of ether oxygens (including phenoxy) is 2. The molecule has 2 unspecified atom stereocenters. The Bertz CT molecular complexity index is 458. The maximum absolute atomic E-state index is 11.8. The van der Waals surface area contributed by atoms with E-state index in [2.05, 4.69) is 0 Å². The van der Waals surface area contributed by atoms with Gasteiger partial charge in [0.05, 0.1) is 29.9 Å². The van der Waals surface area contributed by atoms with Crippen LogP contribution in [0.2, 0.25) is 0 Å². The third kappa shape index (κ3) is 3.03. The maximum Gasteiger partial charge on any atom is 0.135 e. The van der Waals surface area contributed by atoms with E-state index in [-0.39, 0.29) is 6.04 Å². The topological polar surface area (TPSA) is 61.6 Å². The highest BCUT2D eigenvalue weighted by Gasteiger charge is 2.19. The number of methoxy groups -OCH3 is 2. The first-order valence-electron chi connectivity index (χ1n) is 5.75. The molecule has 0 heterocycles. The van der Waals surface area contributed by atoms with Gasteiger partial charge in [0.2, 0.25) is 0 Å². The Morgan fingerprint density at radius 2 is 2.00 bits per heavy atom. The summed E-state index contributed by atoms with van der Waals surface area (Å²) in [6.07, 6.45) is 2.33. The zero-order valence-corrected chi connectivity index (χ0v) is 12.4. The van der Waals surface area contributed by atoms with Crippen LogP contribution >= 0.6 is 0 Å². The molecule has 18 heavy (non-hydrogen) atoms. The molecular formula is C13H21NO3S. The molecule has 0 saturated carbocycles. The van der Waals surface area contributed by atoms with Gasteiger partial charge in [0, 0.05) is 17.9 Å². The van der Waals surface area contributed by atoms with Crippen LogP contribution in [0.4, 0.5) is 0 Å². The Morgan fingerprint density at radius 3 is 2.39 bits per heavy atom. The van der Waals surface area contributed by atoms with Gasteiger partial charge in [-0.3, -0.25) is 4.21 Å². The molecule has 1 aromatic carbocycles. The Kier molecular flexibility index (Phi) is 5.16. The van der Waals surface area contributed by atoms with Crippen LogP contribution in [0.15, 0.2) is 11.0 Å². The molecule has 0 fully saturated rings. The lowest BCUT2D eigenvalue weighted by molar-refractivity contribution is 0.386. The first-order chi connectivity index (χ1) is 8.42. The van der Waals surface area contributed by atoms with Crippen LogP contribution in [0.25, 0.3) is 0 Å². The first-order valence-corrected chi connectivity index (χ1v) is 7.31. The summed E-state index contributed by atoms with van der Waals surface area (Å²) in [5.41, 5.74) is 7.67. The van der Waals surface area contributed by atoms with Crippen molar-refractivity contribution >= 4 is 10.8 Å². The van der Waals surface area contributed by atoms with Gasteiger partial charge >= 0.3 is 0 Å². The van der Waals surface area contributed by atoms with Crippen LogP contribution in [0.5, 0.6) is 11.5 Å². The molecule has 2 N–H and O–H groups in total. The Balaban J connectivity index is 3.47. The predicted octanol–water partition coefficient (Wildman–Crippen LogP) is 1.64. The summed E-state index contributed by atoms with van der Waals surface area (Å²) in [5.74, 6) is 1.38. The van der Waals surface area contributed by atoms with Crippen molar-refractivity contribution in [3.05, 3.63) is 17.2 Å². The molecule has 102 valence electrons. The maximum atomic E-state index is 11.8. The van der Waals surface area contributed by atoms with Gasteiger partial charge in [-0.2, -0.15) is 0 Å². The number of rotatable bonds is 5. The van der Waals surface area contributed by atoms with Crippen LogP contribution in [0.1, 0.15) is 18.1 Å². The quantitative estimate of drug-likeness (QED) is 0.884. The normalized spacial score (nSPS) is 14.1. The van der Waals surface area contributed by atoms with Crippen LogP contribution in [0, 0.1) is 6.92 Å². The molecule has 1 aromatic rings. The Hall–Kier alpha value is -1.07. The van der Waals surface area contributed by atoms with Gasteiger partial charge in [-0.05, 0) is 31.9 Å². The summed E-state index contributed by atoms with van der Waals surface area (Å²) in [4.78, 5) is 0.683. The summed E-state index contributed by atoms with van der Waals surface area (Å²) in [6.45, 7) is 3.83. The molecule has 0 amide bonds. The van der Waals surface area contributed by atoms with Crippen molar-refractivity contribution in [2.45, 2.75) is 31.2 Å². The molecule has 0 saturated heterocycles. The molecule has 0 aliphatic carbocycles. The van der Waals surface area contributed by atoms with Crippen LogP contribution in [0.3, 0.4) is 0 Å². The lowest BCUT2D eigenvalue weighted by Gasteiger charge is -2.18. The van der Waals surface area contributed by atoms with Gasteiger partial charge in [0.25, 0.3) is 0 Å². The van der Waals surface area contributed by atoms with Crippen molar-refractivity contribution in [3.63, 3.8) is 0 Å². The number of hydrogen-bond donors (Lipinski definition) is 1. The summed E-state index contributed by atoms with van der Waals surface area (Å²) >= 11 is 0. The molecule has 0 aliphatic rings. The van der Waals surface area contributed by atoms with Crippen molar-refractivity contribution in [3.8, 4) is 11.5 Å². The summed E-state index contributed by atoms with van der Waals surface area (Å²) in [6, 6.07) is 1.90. The Morgan fingerprint density at radius 1 is 1.39 bits per heavy atom. The van der Waals surface area contributed by atoms with Gasteiger partial charge in [0.15, 0.2) is 0 Å². The molecule has 0 spiro atoms.